The van der Waals surface area contributed by atoms with Crippen LogP contribution in [0.1, 0.15) is 30.9 Å². The first-order chi connectivity index (χ1) is 18.5. The predicted octanol–water partition coefficient (Wildman–Crippen LogP) is 3.69. The number of aromatic nitrogens is 4. The van der Waals surface area contributed by atoms with Gasteiger partial charge in [0.15, 0.2) is 23.0 Å². The number of anilines is 1. The minimum Gasteiger partial charge on any atom is -0.463 e. The van der Waals surface area contributed by atoms with Gasteiger partial charge in [-0.05, 0) is 41.8 Å². The second kappa shape index (κ2) is 11.6. The Balaban J connectivity index is 1.28. The highest BCUT2D eigenvalue weighted by atomic mass is 19.1. The van der Waals surface area contributed by atoms with Gasteiger partial charge < -0.3 is 24.9 Å². The Labute approximate surface area is 219 Å². The van der Waals surface area contributed by atoms with Crippen LogP contribution in [0.2, 0.25) is 0 Å². The van der Waals surface area contributed by atoms with Crippen LogP contribution in [0.25, 0.3) is 11.2 Å². The number of halogens is 1. The first-order valence-corrected chi connectivity index (χ1v) is 12.7. The molecule has 2 aromatic carbocycles. The lowest BCUT2D eigenvalue weighted by Gasteiger charge is -2.26. The zero-order valence-electron chi connectivity index (χ0n) is 21.3. The Morgan fingerprint density at radius 2 is 1.84 bits per heavy atom. The maximum absolute atomic E-state index is 15.0. The van der Waals surface area contributed by atoms with Crippen LogP contribution in [-0.4, -0.2) is 57.3 Å². The highest BCUT2D eigenvalue weighted by Gasteiger charge is 2.16. The van der Waals surface area contributed by atoms with Crippen LogP contribution in [-0.2, 0) is 17.8 Å². The van der Waals surface area contributed by atoms with Gasteiger partial charge in [0, 0.05) is 19.6 Å². The fourth-order valence-electron chi connectivity index (χ4n) is 4.27. The number of morpholine rings is 1. The second-order valence-corrected chi connectivity index (χ2v) is 9.21. The number of H-pyrrole nitrogens is 1. The zero-order valence-corrected chi connectivity index (χ0v) is 21.3. The van der Waals surface area contributed by atoms with Crippen LogP contribution in [0.15, 0.2) is 47.3 Å². The van der Waals surface area contributed by atoms with Crippen LogP contribution in [0, 0.1) is 5.82 Å². The monoisotopic (exact) mass is 522 g/mol. The molecule has 3 heterocycles. The van der Waals surface area contributed by atoms with E-state index in [9.17, 15) is 9.18 Å². The van der Waals surface area contributed by atoms with Crippen molar-refractivity contribution in [1.82, 2.24) is 24.4 Å². The minimum atomic E-state index is -0.537. The maximum atomic E-state index is 15.0. The molecule has 0 radical (unpaired) electrons. The maximum Gasteiger partial charge on any atom is 0.328 e. The van der Waals surface area contributed by atoms with E-state index in [0.717, 1.165) is 51.3 Å². The van der Waals surface area contributed by atoms with Gasteiger partial charge in [0.2, 0.25) is 0 Å². The normalized spacial score (nSPS) is 14.2. The molecule has 0 saturated carbocycles. The predicted molar refractivity (Wildman–Crippen MR) is 141 cm³/mol. The van der Waals surface area contributed by atoms with E-state index in [1.54, 1.807) is 12.1 Å². The van der Waals surface area contributed by atoms with Crippen molar-refractivity contribution in [2.75, 3.05) is 38.6 Å². The molecular formula is C27H31FN6O4. The number of hydrogen-bond donors (Lipinski definition) is 2. The number of hydrogen-bond acceptors (Lipinski definition) is 8. The second-order valence-electron chi connectivity index (χ2n) is 9.21. The summed E-state index contributed by atoms with van der Waals surface area (Å²) in [5.74, 6) is 0.214. The zero-order chi connectivity index (χ0) is 26.5. The highest BCUT2D eigenvalue weighted by molar-refractivity contribution is 5.81. The molecule has 5 rings (SSSR count). The third-order valence-electron chi connectivity index (χ3n) is 6.36. The molecule has 3 N–H and O–H groups in total. The molecule has 10 nitrogen and oxygen atoms in total. The number of nitrogen functional groups attached to an aromatic ring is 1. The first-order valence-electron chi connectivity index (χ1n) is 12.7. The van der Waals surface area contributed by atoms with Gasteiger partial charge in [-0.1, -0.05) is 31.5 Å². The summed E-state index contributed by atoms with van der Waals surface area (Å²) in [6.45, 7) is 6.73. The molecule has 0 atom stereocenters. The van der Waals surface area contributed by atoms with E-state index >= 15 is 0 Å². The summed E-state index contributed by atoms with van der Waals surface area (Å²) in [6, 6.07) is 12.3. The molecule has 1 saturated heterocycles. The van der Waals surface area contributed by atoms with Gasteiger partial charge in [-0.2, -0.15) is 9.97 Å². The fraction of sp³-hybridized carbons (Fsp3) is 0.370. The third-order valence-corrected chi connectivity index (χ3v) is 6.36. The number of imidazole rings is 1. The van der Waals surface area contributed by atoms with Gasteiger partial charge in [0.05, 0.1) is 26.4 Å². The summed E-state index contributed by atoms with van der Waals surface area (Å²) in [7, 11) is 0. The van der Waals surface area contributed by atoms with Crippen molar-refractivity contribution < 1.29 is 18.6 Å². The number of ether oxygens (including phenoxy) is 3. The number of benzene rings is 2. The van der Waals surface area contributed by atoms with Crippen molar-refractivity contribution in [3.05, 3.63) is 69.9 Å². The molecule has 38 heavy (non-hydrogen) atoms. The smallest absolute Gasteiger partial charge is 0.328 e. The quantitative estimate of drug-likeness (QED) is 0.303. The van der Waals surface area contributed by atoms with Crippen molar-refractivity contribution in [2.24, 2.45) is 0 Å². The van der Waals surface area contributed by atoms with E-state index in [-0.39, 0.29) is 24.1 Å². The van der Waals surface area contributed by atoms with Crippen molar-refractivity contribution >= 4 is 17.0 Å². The number of unbranched alkanes of at least 4 members (excludes halogenated alkanes) is 1. The summed E-state index contributed by atoms with van der Waals surface area (Å²) in [4.78, 5) is 26.1. The fourth-order valence-corrected chi connectivity index (χ4v) is 4.27. The molecule has 1 aliphatic heterocycles. The lowest BCUT2D eigenvalue weighted by molar-refractivity contribution is 0.0342. The standard InChI is InChI=1S/C27H31FN6O4/c1-2-3-12-37-26-31-24(29)23-25(32-26)34(27(35)30-23)17-19-6-9-22(21(28)15-19)38-20-7-4-18(5-8-20)16-33-10-13-36-14-11-33/h4-9,15H,2-3,10-14,16-17H2,1H3,(H,30,35)(H2,29,31,32). The number of nitrogens with one attached hydrogen (secondary N) is 1. The van der Waals surface area contributed by atoms with Crippen molar-refractivity contribution in [3.63, 3.8) is 0 Å². The molecule has 0 aliphatic carbocycles. The lowest BCUT2D eigenvalue weighted by Crippen LogP contribution is -2.35. The van der Waals surface area contributed by atoms with Crippen LogP contribution in [0.3, 0.4) is 0 Å². The minimum absolute atomic E-state index is 0.0805. The molecule has 4 aromatic rings. The Morgan fingerprint density at radius 1 is 1.08 bits per heavy atom. The van der Waals surface area contributed by atoms with Crippen LogP contribution in [0.5, 0.6) is 17.5 Å². The number of nitrogens with zero attached hydrogens (tertiary/aromatic N) is 4. The SMILES string of the molecule is CCCCOc1nc(N)c2[nH]c(=O)n(Cc3ccc(Oc4ccc(CN5CCOCC5)cc4)c(F)c3)c2n1. The summed E-state index contributed by atoms with van der Waals surface area (Å²) < 4.78 is 33.1. The van der Waals surface area contributed by atoms with Crippen molar-refractivity contribution in [2.45, 2.75) is 32.9 Å². The molecule has 200 valence electrons. The summed E-state index contributed by atoms with van der Waals surface area (Å²) in [5.41, 5.74) is 7.91. The van der Waals surface area contributed by atoms with Gasteiger partial charge in [-0.15, -0.1) is 0 Å². The van der Waals surface area contributed by atoms with Crippen LogP contribution in [0.4, 0.5) is 10.2 Å². The van der Waals surface area contributed by atoms with Gasteiger partial charge in [-0.25, -0.2) is 9.18 Å². The molecule has 1 fully saturated rings. The Hall–Kier alpha value is -3.96. The Morgan fingerprint density at radius 3 is 2.58 bits per heavy atom. The van der Waals surface area contributed by atoms with E-state index in [1.807, 2.05) is 31.2 Å². The molecular weight excluding hydrogens is 491 g/mol. The molecule has 11 heteroatoms. The van der Waals surface area contributed by atoms with E-state index < -0.39 is 11.5 Å². The van der Waals surface area contributed by atoms with E-state index in [0.29, 0.717) is 29.1 Å². The van der Waals surface area contributed by atoms with Gasteiger partial charge in [0.25, 0.3) is 0 Å². The Bertz CT molecular complexity index is 1450. The topological polar surface area (TPSA) is 121 Å². The lowest BCUT2D eigenvalue weighted by atomic mass is 10.2. The molecule has 2 aromatic heterocycles. The number of rotatable bonds is 10. The van der Waals surface area contributed by atoms with Gasteiger partial charge >= 0.3 is 11.7 Å². The highest BCUT2D eigenvalue weighted by Crippen LogP contribution is 2.27. The van der Waals surface area contributed by atoms with Gasteiger partial charge in [-0.3, -0.25) is 9.47 Å². The largest absolute Gasteiger partial charge is 0.463 e. The Kier molecular flexibility index (Phi) is 7.85. The number of aromatic amines is 1. The van der Waals surface area contributed by atoms with Crippen LogP contribution < -0.4 is 20.9 Å². The van der Waals surface area contributed by atoms with Crippen molar-refractivity contribution in [1.29, 1.82) is 0 Å². The molecule has 1 aliphatic rings. The van der Waals surface area contributed by atoms with E-state index in [2.05, 4.69) is 19.9 Å². The molecule has 0 bridgehead atoms. The molecule has 0 unspecified atom stereocenters. The van der Waals surface area contributed by atoms with E-state index in [1.165, 1.54) is 10.6 Å². The average Bonchev–Trinajstić information content (AvgIpc) is 3.23. The molecule has 0 amide bonds. The summed E-state index contributed by atoms with van der Waals surface area (Å²) in [6.07, 6.45) is 1.80. The van der Waals surface area contributed by atoms with Crippen molar-refractivity contribution in [3.8, 4) is 17.5 Å². The summed E-state index contributed by atoms with van der Waals surface area (Å²) >= 11 is 0. The average molecular weight is 523 g/mol. The molecule has 0 spiro atoms. The third kappa shape index (κ3) is 5.95. The summed E-state index contributed by atoms with van der Waals surface area (Å²) in [5, 5.41) is 0. The number of nitrogens with two attached hydrogens (primary N) is 1. The number of fused-ring (bicyclic) bond motifs is 1. The van der Waals surface area contributed by atoms with E-state index in [4.69, 9.17) is 19.9 Å². The van der Waals surface area contributed by atoms with Gasteiger partial charge in [0.1, 0.15) is 11.3 Å². The van der Waals surface area contributed by atoms with Crippen LogP contribution >= 0.6 is 0 Å². The first kappa shape index (κ1) is 25.7.